The molecule has 138 valence electrons. The molecule has 0 spiro atoms. The molecule has 27 heavy (non-hydrogen) atoms. The smallest absolute Gasteiger partial charge is 0.232 e. The van der Waals surface area contributed by atoms with Crippen molar-refractivity contribution in [1.82, 2.24) is 10.1 Å². The van der Waals surface area contributed by atoms with Gasteiger partial charge in [0.05, 0.1) is 5.92 Å². The van der Waals surface area contributed by atoms with E-state index in [1.807, 2.05) is 32.0 Å². The topological polar surface area (TPSA) is 59.2 Å². The second-order valence-electron chi connectivity index (χ2n) is 6.78. The molecule has 1 atom stereocenters. The summed E-state index contributed by atoms with van der Waals surface area (Å²) in [5.41, 5.74) is 3.31. The lowest BCUT2D eigenvalue weighted by Crippen LogP contribution is -2.24. The Hall–Kier alpha value is -3.09. The third-order valence-electron chi connectivity index (χ3n) is 4.76. The summed E-state index contributed by atoms with van der Waals surface area (Å²) in [5, 5.41) is 4.06. The second-order valence-corrected chi connectivity index (χ2v) is 6.78. The molecule has 1 unspecified atom stereocenters. The molecular formula is C20H17F2N3O2. The molecule has 3 aromatic rings. The van der Waals surface area contributed by atoms with Crippen LogP contribution in [-0.4, -0.2) is 22.6 Å². The zero-order chi connectivity index (χ0) is 19.1. The number of carbonyl (C=O) groups is 1. The van der Waals surface area contributed by atoms with E-state index in [0.717, 1.165) is 28.8 Å². The number of rotatable bonds is 3. The first kappa shape index (κ1) is 17.3. The van der Waals surface area contributed by atoms with Crippen LogP contribution in [0.1, 0.15) is 29.4 Å². The number of carbonyl (C=O) groups excluding carboxylic acids is 1. The van der Waals surface area contributed by atoms with E-state index in [2.05, 4.69) is 10.1 Å². The van der Waals surface area contributed by atoms with Crippen molar-refractivity contribution in [2.24, 2.45) is 0 Å². The molecule has 0 bridgehead atoms. The van der Waals surface area contributed by atoms with Gasteiger partial charge in [-0.05, 0) is 37.6 Å². The Morgan fingerprint density at radius 2 is 1.93 bits per heavy atom. The van der Waals surface area contributed by atoms with Crippen molar-refractivity contribution in [3.05, 3.63) is 65.1 Å². The molecule has 7 heteroatoms. The highest BCUT2D eigenvalue weighted by atomic mass is 19.2. The normalized spacial score (nSPS) is 17.0. The van der Waals surface area contributed by atoms with Gasteiger partial charge in [-0.3, -0.25) is 4.79 Å². The third-order valence-corrected chi connectivity index (χ3v) is 4.76. The van der Waals surface area contributed by atoms with Gasteiger partial charge in [0.2, 0.25) is 17.6 Å². The van der Waals surface area contributed by atoms with Crippen LogP contribution in [0.25, 0.3) is 11.4 Å². The summed E-state index contributed by atoms with van der Waals surface area (Å²) in [6, 6.07) is 9.40. The largest absolute Gasteiger partial charge is 0.339 e. The summed E-state index contributed by atoms with van der Waals surface area (Å²) in [4.78, 5) is 18.2. The van der Waals surface area contributed by atoms with Gasteiger partial charge in [-0.2, -0.15) is 4.98 Å². The minimum absolute atomic E-state index is 0.174. The van der Waals surface area contributed by atoms with Crippen LogP contribution in [0.4, 0.5) is 14.5 Å². The summed E-state index contributed by atoms with van der Waals surface area (Å²) in [5.74, 6) is -1.58. The monoisotopic (exact) mass is 369 g/mol. The van der Waals surface area contributed by atoms with Gasteiger partial charge in [0.1, 0.15) is 0 Å². The molecule has 1 fully saturated rings. The average molecular weight is 369 g/mol. The van der Waals surface area contributed by atoms with Crippen LogP contribution in [0.5, 0.6) is 0 Å². The first-order chi connectivity index (χ1) is 12.9. The van der Waals surface area contributed by atoms with E-state index < -0.39 is 11.6 Å². The summed E-state index contributed by atoms with van der Waals surface area (Å²) >= 11 is 0. The Kier molecular flexibility index (Phi) is 4.22. The Labute approximate surface area is 154 Å². The van der Waals surface area contributed by atoms with Gasteiger partial charge in [-0.25, -0.2) is 8.78 Å². The molecule has 1 aromatic heterocycles. The molecule has 1 aliphatic heterocycles. The van der Waals surface area contributed by atoms with E-state index in [4.69, 9.17) is 4.52 Å². The van der Waals surface area contributed by atoms with Crippen LogP contribution in [0, 0.1) is 25.5 Å². The van der Waals surface area contributed by atoms with E-state index in [1.54, 1.807) is 0 Å². The lowest BCUT2D eigenvalue weighted by Gasteiger charge is -2.16. The summed E-state index contributed by atoms with van der Waals surface area (Å²) in [7, 11) is 0. The Morgan fingerprint density at radius 1 is 1.11 bits per heavy atom. The molecule has 0 N–H and O–H groups in total. The van der Waals surface area contributed by atoms with Gasteiger partial charge in [0, 0.05) is 30.3 Å². The van der Waals surface area contributed by atoms with E-state index in [0.29, 0.717) is 17.4 Å². The molecule has 1 amide bonds. The fourth-order valence-corrected chi connectivity index (χ4v) is 3.26. The summed E-state index contributed by atoms with van der Waals surface area (Å²) in [6.45, 7) is 4.23. The Morgan fingerprint density at radius 3 is 2.70 bits per heavy atom. The third kappa shape index (κ3) is 3.20. The number of amides is 1. The van der Waals surface area contributed by atoms with Crippen LogP contribution >= 0.6 is 0 Å². The minimum atomic E-state index is -0.987. The Bertz CT molecular complexity index is 1030. The van der Waals surface area contributed by atoms with Crippen molar-refractivity contribution >= 4 is 11.6 Å². The molecule has 2 heterocycles. The van der Waals surface area contributed by atoms with Crippen molar-refractivity contribution in [1.29, 1.82) is 0 Å². The lowest BCUT2D eigenvalue weighted by atomic mass is 10.1. The zero-order valence-electron chi connectivity index (χ0n) is 14.9. The minimum Gasteiger partial charge on any atom is -0.339 e. The van der Waals surface area contributed by atoms with Crippen molar-refractivity contribution < 1.29 is 18.1 Å². The number of anilines is 1. The molecule has 2 aromatic carbocycles. The number of halogens is 2. The number of benzene rings is 2. The molecule has 4 rings (SSSR count). The van der Waals surface area contributed by atoms with Gasteiger partial charge in [-0.1, -0.05) is 22.9 Å². The van der Waals surface area contributed by atoms with E-state index in [1.165, 1.54) is 11.0 Å². The van der Waals surface area contributed by atoms with Crippen molar-refractivity contribution in [3.8, 4) is 11.4 Å². The maximum atomic E-state index is 13.5. The maximum Gasteiger partial charge on any atom is 0.232 e. The van der Waals surface area contributed by atoms with E-state index in [9.17, 15) is 13.6 Å². The van der Waals surface area contributed by atoms with Crippen molar-refractivity contribution in [2.45, 2.75) is 26.2 Å². The van der Waals surface area contributed by atoms with Crippen molar-refractivity contribution in [2.75, 3.05) is 11.4 Å². The van der Waals surface area contributed by atoms with Crippen LogP contribution in [-0.2, 0) is 4.79 Å². The van der Waals surface area contributed by atoms with Gasteiger partial charge >= 0.3 is 0 Å². The van der Waals surface area contributed by atoms with Gasteiger partial charge < -0.3 is 9.42 Å². The second kappa shape index (κ2) is 6.57. The number of aromatic nitrogens is 2. The number of aryl methyl sites for hydroxylation is 2. The van der Waals surface area contributed by atoms with E-state index >= 15 is 0 Å². The van der Waals surface area contributed by atoms with E-state index in [-0.39, 0.29) is 24.8 Å². The SMILES string of the molecule is Cc1ccc(C)c(-c2noc(C3CC(=O)N(c4ccc(F)c(F)c4)C3)n2)c1. The van der Waals surface area contributed by atoms with Gasteiger partial charge in [0.25, 0.3) is 0 Å². The highest BCUT2D eigenvalue weighted by molar-refractivity contribution is 5.96. The van der Waals surface area contributed by atoms with Crippen molar-refractivity contribution in [3.63, 3.8) is 0 Å². The summed E-state index contributed by atoms with van der Waals surface area (Å²) < 4.78 is 32.0. The lowest BCUT2D eigenvalue weighted by molar-refractivity contribution is -0.117. The summed E-state index contributed by atoms with van der Waals surface area (Å²) in [6.07, 6.45) is 0.174. The number of hydrogen-bond acceptors (Lipinski definition) is 4. The van der Waals surface area contributed by atoms with Gasteiger partial charge in [0.15, 0.2) is 11.6 Å². The van der Waals surface area contributed by atoms with Crippen LogP contribution < -0.4 is 4.90 Å². The standard InChI is InChI=1S/C20H17F2N3O2/c1-11-3-4-12(2)15(7-11)19-23-20(27-24-19)13-8-18(26)25(10-13)14-5-6-16(21)17(22)9-14/h3-7,9,13H,8,10H2,1-2H3. The molecular weight excluding hydrogens is 352 g/mol. The fourth-order valence-electron chi connectivity index (χ4n) is 3.26. The zero-order valence-corrected chi connectivity index (χ0v) is 14.9. The van der Waals surface area contributed by atoms with Crippen LogP contribution in [0.3, 0.4) is 0 Å². The first-order valence-electron chi connectivity index (χ1n) is 8.59. The molecule has 0 saturated carbocycles. The number of hydrogen-bond donors (Lipinski definition) is 0. The highest BCUT2D eigenvalue weighted by Gasteiger charge is 2.35. The van der Waals surface area contributed by atoms with Crippen LogP contribution in [0.2, 0.25) is 0 Å². The van der Waals surface area contributed by atoms with Gasteiger partial charge in [-0.15, -0.1) is 0 Å². The quantitative estimate of drug-likeness (QED) is 0.696. The number of nitrogens with zero attached hydrogens (tertiary/aromatic N) is 3. The highest BCUT2D eigenvalue weighted by Crippen LogP contribution is 2.33. The molecule has 1 aliphatic rings. The molecule has 0 radical (unpaired) electrons. The maximum absolute atomic E-state index is 13.5. The van der Waals surface area contributed by atoms with Crippen LogP contribution in [0.15, 0.2) is 40.9 Å². The first-order valence-corrected chi connectivity index (χ1v) is 8.59. The predicted molar refractivity (Wildman–Crippen MR) is 95.3 cm³/mol. The average Bonchev–Trinajstić information content (AvgIpc) is 3.26. The molecule has 5 nitrogen and oxygen atoms in total. The molecule has 1 saturated heterocycles. The molecule has 0 aliphatic carbocycles. The fraction of sp³-hybridized carbons (Fsp3) is 0.250. The predicted octanol–water partition coefficient (Wildman–Crippen LogP) is 4.15. The Balaban J connectivity index is 1.58.